The highest BCUT2D eigenvalue weighted by molar-refractivity contribution is 5.80. The predicted molar refractivity (Wildman–Crippen MR) is 61.7 cm³/mol. The molecular formula is C12H17NO3. The quantitative estimate of drug-likeness (QED) is 0.796. The Morgan fingerprint density at radius 3 is 2.38 bits per heavy atom. The minimum absolute atomic E-state index is 0.599. The number of hydrogen-bond acceptors (Lipinski definition) is 3. The van der Waals surface area contributed by atoms with Crippen LogP contribution in [-0.4, -0.2) is 24.7 Å². The number of rotatable bonds is 5. The monoisotopic (exact) mass is 223 g/mol. The van der Waals surface area contributed by atoms with Gasteiger partial charge in [-0.1, -0.05) is 12.1 Å². The van der Waals surface area contributed by atoms with Gasteiger partial charge < -0.3 is 15.2 Å². The van der Waals surface area contributed by atoms with Crippen LogP contribution in [0.3, 0.4) is 0 Å². The Balaban J connectivity index is 2.99. The first-order valence-electron chi connectivity index (χ1n) is 5.20. The number of hydrogen-bond donors (Lipinski definition) is 2. The van der Waals surface area contributed by atoms with Crippen LogP contribution in [0.5, 0.6) is 5.75 Å². The molecule has 0 aromatic heterocycles. The summed E-state index contributed by atoms with van der Waals surface area (Å²) in [6.07, 6.45) is 0. The van der Waals surface area contributed by atoms with Gasteiger partial charge in [0.15, 0.2) is 0 Å². The van der Waals surface area contributed by atoms with E-state index in [1.54, 1.807) is 38.2 Å². The Bertz CT molecular complexity index is 361. The lowest BCUT2D eigenvalue weighted by Gasteiger charge is -2.24. The maximum atomic E-state index is 11.2. The van der Waals surface area contributed by atoms with E-state index in [9.17, 15) is 4.79 Å². The third-order valence-corrected chi connectivity index (χ3v) is 2.67. The van der Waals surface area contributed by atoms with E-state index in [-0.39, 0.29) is 0 Å². The summed E-state index contributed by atoms with van der Waals surface area (Å²) in [6.45, 7) is 4.13. The molecule has 0 fully saturated rings. The minimum Gasteiger partial charge on any atom is -0.494 e. The van der Waals surface area contributed by atoms with Crippen molar-refractivity contribution >= 4 is 5.97 Å². The molecule has 0 bridgehead atoms. The van der Waals surface area contributed by atoms with E-state index >= 15 is 0 Å². The average molecular weight is 223 g/mol. The second kappa shape index (κ2) is 4.99. The Labute approximate surface area is 95.2 Å². The highest BCUT2D eigenvalue weighted by atomic mass is 16.5. The van der Waals surface area contributed by atoms with Crippen LogP contribution in [-0.2, 0) is 10.3 Å². The van der Waals surface area contributed by atoms with Gasteiger partial charge in [0.25, 0.3) is 0 Å². The summed E-state index contributed by atoms with van der Waals surface area (Å²) in [5, 5.41) is 12.0. The van der Waals surface area contributed by atoms with Crippen molar-refractivity contribution in [3.05, 3.63) is 29.8 Å². The highest BCUT2D eigenvalue weighted by Crippen LogP contribution is 2.23. The third kappa shape index (κ3) is 2.33. The van der Waals surface area contributed by atoms with Crippen LogP contribution >= 0.6 is 0 Å². The fourth-order valence-electron chi connectivity index (χ4n) is 1.43. The SMILES string of the molecule is CCOc1ccc([C@](C)(NC)C(=O)O)cc1. The molecule has 1 aromatic carbocycles. The standard InChI is InChI=1S/C12H17NO3/c1-4-16-10-7-5-9(6-8-10)12(2,13-3)11(14)15/h5-8,13H,4H2,1-3H3,(H,14,15)/t12-/m0/s1. The lowest BCUT2D eigenvalue weighted by atomic mass is 9.92. The third-order valence-electron chi connectivity index (χ3n) is 2.67. The number of benzene rings is 1. The van der Waals surface area contributed by atoms with Gasteiger partial charge in [0.2, 0.25) is 0 Å². The van der Waals surface area contributed by atoms with Crippen LogP contribution in [0.4, 0.5) is 0 Å². The smallest absolute Gasteiger partial charge is 0.328 e. The van der Waals surface area contributed by atoms with Crippen LogP contribution < -0.4 is 10.1 Å². The first-order valence-corrected chi connectivity index (χ1v) is 5.20. The fourth-order valence-corrected chi connectivity index (χ4v) is 1.43. The summed E-state index contributed by atoms with van der Waals surface area (Å²) in [6, 6.07) is 7.07. The largest absolute Gasteiger partial charge is 0.494 e. The number of nitrogens with one attached hydrogen (secondary N) is 1. The van der Waals surface area contributed by atoms with E-state index < -0.39 is 11.5 Å². The molecule has 0 aliphatic rings. The Morgan fingerprint density at radius 2 is 2.00 bits per heavy atom. The van der Waals surface area contributed by atoms with Crippen molar-refractivity contribution in [1.29, 1.82) is 0 Å². The van der Waals surface area contributed by atoms with Gasteiger partial charge in [0, 0.05) is 0 Å². The maximum Gasteiger partial charge on any atom is 0.328 e. The van der Waals surface area contributed by atoms with E-state index in [2.05, 4.69) is 5.32 Å². The molecule has 0 heterocycles. The predicted octanol–water partition coefficient (Wildman–Crippen LogP) is 1.60. The van der Waals surface area contributed by atoms with Gasteiger partial charge in [-0.25, -0.2) is 4.79 Å². The zero-order valence-corrected chi connectivity index (χ0v) is 9.78. The van der Waals surface area contributed by atoms with Gasteiger partial charge in [0.1, 0.15) is 11.3 Å². The molecule has 0 amide bonds. The molecule has 2 N–H and O–H groups in total. The first-order chi connectivity index (χ1) is 7.54. The average Bonchev–Trinajstić information content (AvgIpc) is 2.29. The van der Waals surface area contributed by atoms with Crippen molar-refractivity contribution in [1.82, 2.24) is 5.32 Å². The summed E-state index contributed by atoms with van der Waals surface area (Å²) < 4.78 is 5.30. The summed E-state index contributed by atoms with van der Waals surface area (Å²) in [4.78, 5) is 11.2. The van der Waals surface area contributed by atoms with Crippen LogP contribution in [0.1, 0.15) is 19.4 Å². The van der Waals surface area contributed by atoms with Crippen molar-refractivity contribution in [2.45, 2.75) is 19.4 Å². The van der Waals surface area contributed by atoms with Gasteiger partial charge >= 0.3 is 5.97 Å². The molecule has 0 aliphatic carbocycles. The Hall–Kier alpha value is -1.55. The number of aliphatic carboxylic acids is 1. The van der Waals surface area contributed by atoms with E-state index in [1.165, 1.54) is 0 Å². The van der Waals surface area contributed by atoms with Gasteiger partial charge in [-0.3, -0.25) is 0 Å². The van der Waals surface area contributed by atoms with Crippen molar-refractivity contribution < 1.29 is 14.6 Å². The number of likely N-dealkylation sites (N-methyl/N-ethyl adjacent to an activating group) is 1. The molecule has 88 valence electrons. The Morgan fingerprint density at radius 1 is 1.44 bits per heavy atom. The summed E-state index contributed by atoms with van der Waals surface area (Å²) in [7, 11) is 1.63. The van der Waals surface area contributed by atoms with Crippen molar-refractivity contribution in [3.8, 4) is 5.75 Å². The molecule has 0 spiro atoms. The van der Waals surface area contributed by atoms with E-state index in [4.69, 9.17) is 9.84 Å². The van der Waals surface area contributed by atoms with Crippen LogP contribution in [0.15, 0.2) is 24.3 Å². The van der Waals surface area contributed by atoms with Crippen molar-refractivity contribution in [2.24, 2.45) is 0 Å². The number of carboxylic acids is 1. The molecule has 16 heavy (non-hydrogen) atoms. The minimum atomic E-state index is -1.06. The number of carboxylic acid groups (broad SMARTS) is 1. The summed E-state index contributed by atoms with van der Waals surface area (Å²) in [5.74, 6) is -0.158. The lowest BCUT2D eigenvalue weighted by molar-refractivity contribution is -0.144. The summed E-state index contributed by atoms with van der Waals surface area (Å²) >= 11 is 0. The molecule has 0 aliphatic heterocycles. The lowest BCUT2D eigenvalue weighted by Crippen LogP contribution is -2.44. The molecule has 0 radical (unpaired) electrons. The second-order valence-corrected chi connectivity index (χ2v) is 3.64. The normalized spacial score (nSPS) is 14.2. The van der Waals surface area contributed by atoms with Gasteiger partial charge in [-0.05, 0) is 38.6 Å². The summed E-state index contributed by atoms with van der Waals surface area (Å²) in [5.41, 5.74) is -0.365. The van der Waals surface area contributed by atoms with E-state index in [0.717, 1.165) is 5.75 Å². The second-order valence-electron chi connectivity index (χ2n) is 3.64. The molecule has 1 aromatic rings. The van der Waals surface area contributed by atoms with E-state index in [1.807, 2.05) is 6.92 Å². The molecule has 1 atom stereocenters. The van der Waals surface area contributed by atoms with Gasteiger partial charge in [0.05, 0.1) is 6.61 Å². The molecule has 0 unspecified atom stereocenters. The van der Waals surface area contributed by atoms with Crippen LogP contribution in [0.25, 0.3) is 0 Å². The fraction of sp³-hybridized carbons (Fsp3) is 0.417. The topological polar surface area (TPSA) is 58.6 Å². The molecule has 4 nitrogen and oxygen atoms in total. The Kier molecular flexibility index (Phi) is 3.90. The van der Waals surface area contributed by atoms with Crippen molar-refractivity contribution in [2.75, 3.05) is 13.7 Å². The zero-order valence-electron chi connectivity index (χ0n) is 9.78. The molecule has 0 saturated heterocycles. The van der Waals surface area contributed by atoms with Crippen LogP contribution in [0, 0.1) is 0 Å². The molecule has 4 heteroatoms. The maximum absolute atomic E-state index is 11.2. The molecule has 0 saturated carbocycles. The number of ether oxygens (including phenoxy) is 1. The first kappa shape index (κ1) is 12.5. The van der Waals surface area contributed by atoms with E-state index in [0.29, 0.717) is 12.2 Å². The van der Waals surface area contributed by atoms with Gasteiger partial charge in [-0.2, -0.15) is 0 Å². The van der Waals surface area contributed by atoms with Crippen LogP contribution in [0.2, 0.25) is 0 Å². The van der Waals surface area contributed by atoms with Crippen molar-refractivity contribution in [3.63, 3.8) is 0 Å². The zero-order chi connectivity index (χ0) is 12.2. The molecule has 1 rings (SSSR count). The molecular weight excluding hydrogens is 206 g/mol. The van der Waals surface area contributed by atoms with Gasteiger partial charge in [-0.15, -0.1) is 0 Å². The number of carbonyl (C=O) groups is 1. The highest BCUT2D eigenvalue weighted by Gasteiger charge is 2.33.